The number of thiophene rings is 1. The van der Waals surface area contributed by atoms with E-state index in [0.29, 0.717) is 0 Å². The molecule has 2 aromatic heterocycles. The van der Waals surface area contributed by atoms with Crippen LogP contribution in [0.2, 0.25) is 0 Å². The lowest BCUT2D eigenvalue weighted by Crippen LogP contribution is -1.98. The van der Waals surface area contributed by atoms with Gasteiger partial charge in [-0.2, -0.15) is 0 Å². The quantitative estimate of drug-likeness (QED) is 0.919. The summed E-state index contributed by atoms with van der Waals surface area (Å²) in [6.45, 7) is 4.00. The van der Waals surface area contributed by atoms with Gasteiger partial charge in [-0.15, -0.1) is 11.3 Å². The van der Waals surface area contributed by atoms with Crippen molar-refractivity contribution in [2.24, 2.45) is 0 Å². The highest BCUT2D eigenvalue weighted by Crippen LogP contribution is 2.33. The molecule has 1 N–H and O–H groups in total. The summed E-state index contributed by atoms with van der Waals surface area (Å²) < 4.78 is 1.05. The molecule has 0 spiro atoms. The van der Waals surface area contributed by atoms with Gasteiger partial charge in [0, 0.05) is 32.2 Å². The van der Waals surface area contributed by atoms with E-state index in [1.165, 1.54) is 4.88 Å². The van der Waals surface area contributed by atoms with Gasteiger partial charge in [-0.25, -0.2) is 0 Å². The number of aromatic nitrogens is 1. The summed E-state index contributed by atoms with van der Waals surface area (Å²) in [7, 11) is 0. The van der Waals surface area contributed by atoms with E-state index < -0.39 is 6.10 Å². The first-order valence-electron chi connectivity index (χ1n) is 4.93. The first-order chi connectivity index (χ1) is 7.58. The zero-order chi connectivity index (χ0) is 11.7. The molecule has 2 nitrogen and oxygen atoms in total. The summed E-state index contributed by atoms with van der Waals surface area (Å²) in [6, 6.07) is 3.92. The predicted octanol–water partition coefficient (Wildman–Crippen LogP) is 3.60. The Labute approximate surface area is 107 Å². The maximum absolute atomic E-state index is 10.2. The van der Waals surface area contributed by atoms with Crippen LogP contribution in [0.25, 0.3) is 0 Å². The largest absolute Gasteiger partial charge is 0.383 e. The lowest BCUT2D eigenvalue weighted by molar-refractivity contribution is 0.223. The maximum Gasteiger partial charge on any atom is 0.115 e. The van der Waals surface area contributed by atoms with Crippen LogP contribution in [0, 0.1) is 13.8 Å². The third-order valence-electron chi connectivity index (χ3n) is 2.36. The van der Waals surface area contributed by atoms with Crippen LogP contribution in [-0.4, -0.2) is 10.1 Å². The van der Waals surface area contributed by atoms with Gasteiger partial charge in [0.15, 0.2) is 0 Å². The molecular formula is C12H12BrNOS. The van der Waals surface area contributed by atoms with Crippen molar-refractivity contribution >= 4 is 27.3 Å². The minimum absolute atomic E-state index is 0.581. The van der Waals surface area contributed by atoms with Gasteiger partial charge in [0.25, 0.3) is 0 Å². The number of halogens is 1. The van der Waals surface area contributed by atoms with Crippen molar-refractivity contribution in [1.29, 1.82) is 0 Å². The molecule has 2 aromatic rings. The van der Waals surface area contributed by atoms with Crippen molar-refractivity contribution in [2.75, 3.05) is 0 Å². The van der Waals surface area contributed by atoms with Gasteiger partial charge in [-0.1, -0.05) is 6.07 Å². The molecule has 0 aliphatic rings. The molecule has 16 heavy (non-hydrogen) atoms. The summed E-state index contributed by atoms with van der Waals surface area (Å²) in [4.78, 5) is 6.21. The normalized spacial score (nSPS) is 12.8. The average Bonchev–Trinajstić information content (AvgIpc) is 2.58. The minimum Gasteiger partial charge on any atom is -0.383 e. The number of hydrogen-bond acceptors (Lipinski definition) is 3. The van der Waals surface area contributed by atoms with Gasteiger partial charge >= 0.3 is 0 Å². The second-order valence-corrected chi connectivity index (χ2v) is 5.89. The Morgan fingerprint density at radius 2 is 2.06 bits per heavy atom. The van der Waals surface area contributed by atoms with E-state index in [1.807, 2.05) is 26.0 Å². The number of aliphatic hydroxyl groups is 1. The highest BCUT2D eigenvalue weighted by Gasteiger charge is 2.14. The molecule has 0 aliphatic carbocycles. The topological polar surface area (TPSA) is 33.1 Å². The molecule has 1 atom stereocenters. The minimum atomic E-state index is -0.581. The summed E-state index contributed by atoms with van der Waals surface area (Å²) >= 11 is 5.05. The Kier molecular flexibility index (Phi) is 3.42. The molecule has 0 radical (unpaired) electrons. The van der Waals surface area contributed by atoms with E-state index in [9.17, 15) is 5.11 Å². The number of aryl methyl sites for hydroxylation is 2. The fourth-order valence-corrected chi connectivity index (χ4v) is 3.08. The lowest BCUT2D eigenvalue weighted by atomic mass is 10.1. The van der Waals surface area contributed by atoms with Crippen LogP contribution in [0.4, 0.5) is 0 Å². The molecule has 1 unspecified atom stereocenters. The molecule has 0 aromatic carbocycles. The number of aliphatic hydroxyl groups excluding tert-OH is 1. The van der Waals surface area contributed by atoms with Gasteiger partial charge in [-0.3, -0.25) is 4.98 Å². The zero-order valence-electron chi connectivity index (χ0n) is 9.07. The van der Waals surface area contributed by atoms with Gasteiger partial charge in [0.2, 0.25) is 0 Å². The average molecular weight is 298 g/mol. The highest BCUT2D eigenvalue weighted by atomic mass is 79.9. The first kappa shape index (κ1) is 11.8. The second-order valence-electron chi connectivity index (χ2n) is 3.75. The van der Waals surface area contributed by atoms with E-state index in [2.05, 4.69) is 20.9 Å². The smallest absolute Gasteiger partial charge is 0.115 e. The summed E-state index contributed by atoms with van der Waals surface area (Å²) in [5, 5.41) is 10.2. The molecule has 0 bridgehead atoms. The molecule has 0 fully saturated rings. The Balaban J connectivity index is 2.35. The lowest BCUT2D eigenvalue weighted by Gasteiger charge is -2.08. The zero-order valence-corrected chi connectivity index (χ0v) is 11.5. The number of rotatable bonds is 2. The molecule has 0 saturated heterocycles. The Morgan fingerprint density at radius 3 is 2.62 bits per heavy atom. The fourth-order valence-electron chi connectivity index (χ4n) is 1.51. The molecule has 2 heterocycles. The van der Waals surface area contributed by atoms with Gasteiger partial charge in [0.1, 0.15) is 6.10 Å². The van der Waals surface area contributed by atoms with E-state index in [-0.39, 0.29) is 0 Å². The summed E-state index contributed by atoms with van der Waals surface area (Å²) in [5.74, 6) is 0. The Hall–Kier alpha value is -0.710. The van der Waals surface area contributed by atoms with Crippen LogP contribution in [-0.2, 0) is 0 Å². The molecule has 2 rings (SSSR count). The fraction of sp³-hybridized carbons (Fsp3) is 0.250. The Bertz CT molecular complexity index is 490. The van der Waals surface area contributed by atoms with Crippen molar-refractivity contribution in [3.05, 3.63) is 49.9 Å². The van der Waals surface area contributed by atoms with Crippen molar-refractivity contribution in [2.45, 2.75) is 20.0 Å². The van der Waals surface area contributed by atoms with Crippen LogP contribution in [0.3, 0.4) is 0 Å². The van der Waals surface area contributed by atoms with Crippen molar-refractivity contribution < 1.29 is 5.11 Å². The van der Waals surface area contributed by atoms with Crippen LogP contribution >= 0.6 is 27.3 Å². The summed E-state index contributed by atoms with van der Waals surface area (Å²) in [6.07, 6.45) is 2.91. The van der Waals surface area contributed by atoms with E-state index in [4.69, 9.17) is 0 Å². The van der Waals surface area contributed by atoms with E-state index >= 15 is 0 Å². The third kappa shape index (κ3) is 2.34. The number of pyridine rings is 1. The Morgan fingerprint density at radius 1 is 1.31 bits per heavy atom. The SMILES string of the molecule is Cc1cncc(C(O)c2cc(Br)c(C)s2)c1. The van der Waals surface area contributed by atoms with Gasteiger partial charge in [-0.05, 0) is 41.4 Å². The van der Waals surface area contributed by atoms with Crippen molar-refractivity contribution in [3.63, 3.8) is 0 Å². The van der Waals surface area contributed by atoms with Crippen molar-refractivity contribution in [3.8, 4) is 0 Å². The third-order valence-corrected chi connectivity index (χ3v) is 4.55. The standard InChI is InChI=1S/C12H12BrNOS/c1-7-3-9(6-14-5-7)12(15)11-4-10(13)8(2)16-11/h3-6,12,15H,1-2H3. The summed E-state index contributed by atoms with van der Waals surface area (Å²) in [5.41, 5.74) is 1.90. The number of nitrogens with zero attached hydrogens (tertiary/aromatic N) is 1. The maximum atomic E-state index is 10.2. The van der Waals surface area contributed by atoms with Crippen LogP contribution in [0.1, 0.15) is 27.0 Å². The van der Waals surface area contributed by atoms with E-state index in [1.54, 1.807) is 23.7 Å². The molecule has 0 amide bonds. The van der Waals surface area contributed by atoms with Crippen LogP contribution < -0.4 is 0 Å². The number of hydrogen-bond donors (Lipinski definition) is 1. The second kappa shape index (κ2) is 4.65. The van der Waals surface area contributed by atoms with Crippen LogP contribution in [0.15, 0.2) is 29.0 Å². The van der Waals surface area contributed by atoms with Crippen molar-refractivity contribution in [1.82, 2.24) is 4.98 Å². The first-order valence-corrected chi connectivity index (χ1v) is 6.54. The van der Waals surface area contributed by atoms with Gasteiger partial charge in [0.05, 0.1) is 0 Å². The monoisotopic (exact) mass is 297 g/mol. The van der Waals surface area contributed by atoms with E-state index in [0.717, 1.165) is 20.5 Å². The molecular weight excluding hydrogens is 286 g/mol. The molecule has 84 valence electrons. The molecule has 0 saturated carbocycles. The molecule has 0 aliphatic heterocycles. The highest BCUT2D eigenvalue weighted by molar-refractivity contribution is 9.10. The molecule has 4 heteroatoms. The predicted molar refractivity (Wildman–Crippen MR) is 69.8 cm³/mol. The van der Waals surface area contributed by atoms with Gasteiger partial charge < -0.3 is 5.11 Å². The van der Waals surface area contributed by atoms with Crippen LogP contribution in [0.5, 0.6) is 0 Å².